The number of nitrogens with one attached hydrogen (secondary N) is 1. The Labute approximate surface area is 112 Å². The van der Waals surface area contributed by atoms with Gasteiger partial charge in [0.2, 0.25) is 5.78 Å². The van der Waals surface area contributed by atoms with Crippen molar-refractivity contribution in [1.82, 2.24) is 4.98 Å². The van der Waals surface area contributed by atoms with Gasteiger partial charge in [-0.05, 0) is 49.1 Å². The third kappa shape index (κ3) is 2.72. The van der Waals surface area contributed by atoms with E-state index in [-0.39, 0.29) is 18.4 Å². The number of aromatic nitrogens is 1. The Hall–Kier alpha value is -1.58. The summed E-state index contributed by atoms with van der Waals surface area (Å²) >= 11 is 0. The molecule has 2 bridgehead atoms. The van der Waals surface area contributed by atoms with Gasteiger partial charge in [0, 0.05) is 12.6 Å². The van der Waals surface area contributed by atoms with Crippen LogP contribution in [0.4, 0.5) is 0 Å². The molecule has 0 spiro atoms. The summed E-state index contributed by atoms with van der Waals surface area (Å²) in [5.41, 5.74) is 0.493. The van der Waals surface area contributed by atoms with Gasteiger partial charge < -0.3 is 9.72 Å². The normalized spacial score (nSPS) is 28.5. The van der Waals surface area contributed by atoms with Crippen LogP contribution in [-0.4, -0.2) is 23.3 Å². The minimum atomic E-state index is -0.225. The van der Waals surface area contributed by atoms with Gasteiger partial charge >= 0.3 is 5.97 Å². The van der Waals surface area contributed by atoms with Gasteiger partial charge in [0.05, 0.1) is 5.69 Å². The largest absolute Gasteiger partial charge is 0.457 e. The highest BCUT2D eigenvalue weighted by molar-refractivity contribution is 5.96. The van der Waals surface area contributed by atoms with E-state index in [1.165, 1.54) is 25.7 Å². The molecule has 0 saturated heterocycles. The monoisotopic (exact) mass is 261 g/mol. The van der Waals surface area contributed by atoms with Crippen molar-refractivity contribution in [1.29, 1.82) is 0 Å². The average molecular weight is 261 g/mol. The van der Waals surface area contributed by atoms with Crippen molar-refractivity contribution in [2.24, 2.45) is 17.8 Å². The maximum Gasteiger partial charge on any atom is 0.306 e. The van der Waals surface area contributed by atoms with Crippen LogP contribution >= 0.6 is 0 Å². The average Bonchev–Trinajstić information content (AvgIpc) is 3.12. The summed E-state index contributed by atoms with van der Waals surface area (Å²) in [5, 5.41) is 0. The number of hydrogen-bond donors (Lipinski definition) is 1. The van der Waals surface area contributed by atoms with Gasteiger partial charge in [0.15, 0.2) is 6.61 Å². The van der Waals surface area contributed by atoms with Gasteiger partial charge in [-0.15, -0.1) is 0 Å². The lowest BCUT2D eigenvalue weighted by atomic mass is 9.86. The molecule has 4 heteroatoms. The van der Waals surface area contributed by atoms with E-state index in [1.54, 1.807) is 18.3 Å². The molecule has 102 valence electrons. The quantitative estimate of drug-likeness (QED) is 0.654. The summed E-state index contributed by atoms with van der Waals surface area (Å²) in [6.07, 6.45) is 7.23. The van der Waals surface area contributed by atoms with E-state index in [4.69, 9.17) is 4.74 Å². The van der Waals surface area contributed by atoms with Crippen LogP contribution in [0.2, 0.25) is 0 Å². The molecule has 0 unspecified atom stereocenters. The number of Topliss-reactive ketones (excluding diaryl/α,β-unsaturated/α-hetero) is 1. The molecule has 0 amide bonds. The Morgan fingerprint density at radius 3 is 2.84 bits per heavy atom. The number of ether oxygens (including phenoxy) is 1. The molecule has 2 aliphatic carbocycles. The second kappa shape index (κ2) is 5.19. The number of carbonyl (C=O) groups excluding carboxylic acids is 2. The third-order valence-electron chi connectivity index (χ3n) is 4.58. The molecule has 1 heterocycles. The van der Waals surface area contributed by atoms with Crippen molar-refractivity contribution in [3.05, 3.63) is 24.0 Å². The van der Waals surface area contributed by atoms with Crippen LogP contribution in [0.15, 0.2) is 18.3 Å². The van der Waals surface area contributed by atoms with Crippen molar-refractivity contribution in [2.75, 3.05) is 6.61 Å². The predicted octanol–water partition coefficient (Wildman–Crippen LogP) is 2.57. The van der Waals surface area contributed by atoms with Crippen LogP contribution in [0, 0.1) is 17.8 Å². The maximum atomic E-state index is 11.8. The first-order chi connectivity index (χ1) is 9.22. The lowest BCUT2D eigenvalue weighted by Crippen LogP contribution is -2.19. The molecule has 2 saturated carbocycles. The molecule has 2 aliphatic rings. The van der Waals surface area contributed by atoms with Gasteiger partial charge in [0.1, 0.15) is 0 Å². The van der Waals surface area contributed by atoms with E-state index >= 15 is 0 Å². The predicted molar refractivity (Wildman–Crippen MR) is 69.6 cm³/mol. The van der Waals surface area contributed by atoms with Gasteiger partial charge in [-0.1, -0.05) is 6.42 Å². The smallest absolute Gasteiger partial charge is 0.306 e. The molecule has 1 N–H and O–H groups in total. The minimum absolute atomic E-state index is 0.153. The fourth-order valence-electron chi connectivity index (χ4n) is 3.63. The summed E-state index contributed by atoms with van der Waals surface area (Å²) in [4.78, 5) is 26.2. The Morgan fingerprint density at radius 1 is 1.32 bits per heavy atom. The molecular weight excluding hydrogens is 242 g/mol. The first kappa shape index (κ1) is 12.5. The standard InChI is InChI=1S/C15H19NO3/c17-14(13-2-1-5-16-13)9-19-15(18)8-12-7-10-3-4-11(12)6-10/h1-2,5,10-12,16H,3-4,6-9H2/t10-,11+,12-/m0/s1. The van der Waals surface area contributed by atoms with Gasteiger partial charge in [-0.2, -0.15) is 0 Å². The van der Waals surface area contributed by atoms with Crippen molar-refractivity contribution < 1.29 is 14.3 Å². The number of rotatable bonds is 5. The van der Waals surface area contributed by atoms with Crippen molar-refractivity contribution >= 4 is 11.8 Å². The highest BCUT2D eigenvalue weighted by Crippen LogP contribution is 2.49. The number of esters is 1. The van der Waals surface area contributed by atoms with Crippen molar-refractivity contribution in [3.63, 3.8) is 0 Å². The fraction of sp³-hybridized carbons (Fsp3) is 0.600. The molecule has 2 fully saturated rings. The Balaban J connectivity index is 1.43. The number of aromatic amines is 1. The number of H-pyrrole nitrogens is 1. The van der Waals surface area contributed by atoms with Crippen LogP contribution in [0.5, 0.6) is 0 Å². The minimum Gasteiger partial charge on any atom is -0.457 e. The van der Waals surface area contributed by atoms with E-state index in [9.17, 15) is 9.59 Å². The Morgan fingerprint density at radius 2 is 2.21 bits per heavy atom. The Kier molecular flexibility index (Phi) is 3.40. The first-order valence-corrected chi connectivity index (χ1v) is 7.04. The van der Waals surface area contributed by atoms with Gasteiger partial charge in [-0.3, -0.25) is 9.59 Å². The topological polar surface area (TPSA) is 59.2 Å². The van der Waals surface area contributed by atoms with Gasteiger partial charge in [0.25, 0.3) is 0 Å². The van der Waals surface area contributed by atoms with Crippen LogP contribution in [0.3, 0.4) is 0 Å². The van der Waals surface area contributed by atoms with E-state index in [0.717, 1.165) is 11.8 Å². The summed E-state index contributed by atoms with van der Waals surface area (Å²) in [7, 11) is 0. The molecule has 0 aliphatic heterocycles. The molecule has 0 aromatic carbocycles. The molecule has 3 rings (SSSR count). The van der Waals surface area contributed by atoms with Crippen molar-refractivity contribution in [3.8, 4) is 0 Å². The molecule has 3 atom stereocenters. The summed E-state index contributed by atoms with van der Waals surface area (Å²) in [5.74, 6) is 1.65. The molecular formula is C15H19NO3. The summed E-state index contributed by atoms with van der Waals surface area (Å²) < 4.78 is 5.09. The SMILES string of the molecule is O=C(C[C@@H]1C[C@H]2CC[C@@H]1C2)OCC(=O)c1ccc[nH]1. The lowest BCUT2D eigenvalue weighted by molar-refractivity contribution is -0.144. The zero-order valence-electron chi connectivity index (χ0n) is 10.9. The van der Waals surface area contributed by atoms with E-state index in [1.807, 2.05) is 0 Å². The zero-order chi connectivity index (χ0) is 13.2. The number of ketones is 1. The maximum absolute atomic E-state index is 11.8. The first-order valence-electron chi connectivity index (χ1n) is 7.04. The molecule has 0 radical (unpaired) electrons. The van der Waals surface area contributed by atoms with E-state index in [0.29, 0.717) is 18.0 Å². The highest BCUT2D eigenvalue weighted by Gasteiger charge is 2.40. The van der Waals surface area contributed by atoms with E-state index in [2.05, 4.69) is 4.98 Å². The fourth-order valence-corrected chi connectivity index (χ4v) is 3.63. The number of fused-ring (bicyclic) bond motifs is 2. The number of carbonyl (C=O) groups is 2. The summed E-state index contributed by atoms with van der Waals surface area (Å²) in [6, 6.07) is 3.44. The zero-order valence-corrected chi connectivity index (χ0v) is 10.9. The van der Waals surface area contributed by atoms with E-state index < -0.39 is 0 Å². The molecule has 4 nitrogen and oxygen atoms in total. The van der Waals surface area contributed by atoms with Gasteiger partial charge in [-0.25, -0.2) is 0 Å². The second-order valence-electron chi connectivity index (χ2n) is 5.81. The van der Waals surface area contributed by atoms with Crippen molar-refractivity contribution in [2.45, 2.75) is 32.1 Å². The Bertz CT molecular complexity index is 466. The second-order valence-corrected chi connectivity index (χ2v) is 5.81. The number of hydrogen-bond acceptors (Lipinski definition) is 3. The molecule has 1 aromatic rings. The van der Waals surface area contributed by atoms with Crippen LogP contribution in [0.1, 0.15) is 42.6 Å². The molecule has 19 heavy (non-hydrogen) atoms. The molecule has 1 aromatic heterocycles. The van der Waals surface area contributed by atoms with Crippen LogP contribution in [-0.2, 0) is 9.53 Å². The highest BCUT2D eigenvalue weighted by atomic mass is 16.5. The third-order valence-corrected chi connectivity index (χ3v) is 4.58. The van der Waals surface area contributed by atoms with Crippen LogP contribution < -0.4 is 0 Å². The summed E-state index contributed by atoms with van der Waals surface area (Å²) in [6.45, 7) is -0.153. The lowest BCUT2D eigenvalue weighted by Gasteiger charge is -2.20. The van der Waals surface area contributed by atoms with Crippen LogP contribution in [0.25, 0.3) is 0 Å².